The lowest BCUT2D eigenvalue weighted by molar-refractivity contribution is -0.139. The van der Waals surface area contributed by atoms with Gasteiger partial charge >= 0.3 is 5.97 Å². The van der Waals surface area contributed by atoms with Crippen LogP contribution in [0.4, 0.5) is 0 Å². The molecule has 0 aromatic carbocycles. The van der Waals surface area contributed by atoms with Gasteiger partial charge in [0.1, 0.15) is 11.5 Å². The Morgan fingerprint density at radius 2 is 1.64 bits per heavy atom. The van der Waals surface area contributed by atoms with E-state index in [4.69, 9.17) is 4.74 Å². The summed E-state index contributed by atoms with van der Waals surface area (Å²) in [6.45, 7) is 6.70. The van der Waals surface area contributed by atoms with E-state index in [0.717, 1.165) is 0 Å². The molecule has 0 fully saturated rings. The van der Waals surface area contributed by atoms with Crippen LogP contribution in [0.2, 0.25) is 0 Å². The Morgan fingerprint density at radius 3 is 2.00 bits per heavy atom. The van der Waals surface area contributed by atoms with Gasteiger partial charge in [-0.1, -0.05) is 13.8 Å². The minimum absolute atomic E-state index is 0. The Bertz CT molecular complexity index is 136. The lowest BCUT2D eigenvalue weighted by atomic mass is 10.6. The van der Waals surface area contributed by atoms with Crippen LogP contribution in [0.3, 0.4) is 0 Å². The molecule has 0 atom stereocenters. The maximum atomic E-state index is 11.2. The van der Waals surface area contributed by atoms with Crippen molar-refractivity contribution in [3.05, 3.63) is 0 Å². The van der Waals surface area contributed by atoms with Crippen LogP contribution in [0.1, 0.15) is 33.6 Å². The van der Waals surface area contributed by atoms with E-state index in [9.17, 15) is 4.79 Å². The third-order valence-electron chi connectivity index (χ3n) is 1.61. The zero-order valence-corrected chi connectivity index (χ0v) is 11.7. The van der Waals surface area contributed by atoms with E-state index in [1.54, 1.807) is 0 Å². The summed E-state index contributed by atoms with van der Waals surface area (Å²) < 4.78 is 4.93. The van der Waals surface area contributed by atoms with E-state index in [-0.39, 0.29) is 33.8 Å². The van der Waals surface area contributed by atoms with E-state index in [0.29, 0.717) is 12.4 Å². The molecular weight excluding hydrogens is 264 g/mol. The number of hydrogen-bond acceptors (Lipinski definition) is 2. The van der Waals surface area contributed by atoms with E-state index < -0.39 is 0 Å². The van der Waals surface area contributed by atoms with Gasteiger partial charge in [0.2, 0.25) is 5.75 Å². The Morgan fingerprint density at radius 1 is 1.14 bits per heavy atom. The van der Waals surface area contributed by atoms with Crippen molar-refractivity contribution in [2.75, 3.05) is 23.9 Å². The summed E-state index contributed by atoms with van der Waals surface area (Å²) in [5, 5.41) is 0. The molecule has 0 unspecified atom stereocenters. The molecule has 0 rings (SSSR count). The summed E-state index contributed by atoms with van der Waals surface area (Å²) in [5.41, 5.74) is 0. The minimum atomic E-state index is -0.0206. The van der Waals surface area contributed by atoms with Crippen molar-refractivity contribution < 1.29 is 26.5 Å². The number of esters is 1. The van der Waals surface area contributed by atoms with Crippen molar-refractivity contribution >= 4 is 16.9 Å². The third-order valence-corrected chi connectivity index (χ3v) is 4.23. The zero-order valence-electron chi connectivity index (χ0n) is 9.35. The molecule has 0 aromatic heterocycles. The second kappa shape index (κ2) is 11.4. The predicted octanol–water partition coefficient (Wildman–Crippen LogP) is -1.01. The maximum Gasteiger partial charge on any atom is 0.356 e. The molecular formula is C10H21BrO2S. The topological polar surface area (TPSA) is 26.3 Å². The van der Waals surface area contributed by atoms with Crippen molar-refractivity contribution in [2.24, 2.45) is 0 Å². The first-order valence-corrected chi connectivity index (χ1v) is 6.77. The molecule has 0 saturated heterocycles. The van der Waals surface area contributed by atoms with Gasteiger partial charge in [-0.2, -0.15) is 0 Å². The van der Waals surface area contributed by atoms with Crippen molar-refractivity contribution in [3.63, 3.8) is 0 Å². The van der Waals surface area contributed by atoms with Crippen LogP contribution in [-0.2, 0) is 20.4 Å². The Balaban J connectivity index is 0. The third kappa shape index (κ3) is 8.88. The highest BCUT2D eigenvalue weighted by molar-refractivity contribution is 7.97. The van der Waals surface area contributed by atoms with E-state index in [1.807, 2.05) is 6.92 Å². The predicted molar refractivity (Wildman–Crippen MR) is 59.2 cm³/mol. The van der Waals surface area contributed by atoms with Gasteiger partial charge in [0.05, 0.1) is 6.61 Å². The molecule has 0 aliphatic rings. The Hall–Kier alpha value is 0.300. The number of hydrogen-bond donors (Lipinski definition) is 0. The van der Waals surface area contributed by atoms with Crippen molar-refractivity contribution in [2.45, 2.75) is 33.6 Å². The summed E-state index contributed by atoms with van der Waals surface area (Å²) in [5.74, 6) is 2.96. The molecule has 4 heteroatoms. The average Bonchev–Trinajstić information content (AvgIpc) is 2.05. The van der Waals surface area contributed by atoms with Gasteiger partial charge in [0.25, 0.3) is 0 Å². The SMILES string of the molecule is CCC[S+](CCC)CC(=O)OCC.[Br-]. The normalized spacial score (nSPS) is 9.71. The first-order chi connectivity index (χ1) is 6.24. The second-order valence-corrected chi connectivity index (χ2v) is 5.30. The van der Waals surface area contributed by atoms with Gasteiger partial charge in [-0.15, -0.1) is 0 Å². The van der Waals surface area contributed by atoms with Crippen molar-refractivity contribution in [1.82, 2.24) is 0 Å². The molecule has 86 valence electrons. The fraction of sp³-hybridized carbons (Fsp3) is 0.900. The number of halogens is 1. The highest BCUT2D eigenvalue weighted by atomic mass is 79.9. The summed E-state index contributed by atoms with van der Waals surface area (Å²) in [6.07, 6.45) is 2.34. The van der Waals surface area contributed by atoms with Gasteiger partial charge in [0, 0.05) is 0 Å². The number of carbonyl (C=O) groups is 1. The molecule has 0 spiro atoms. The maximum absolute atomic E-state index is 11.2. The fourth-order valence-electron chi connectivity index (χ4n) is 1.19. The zero-order chi connectivity index (χ0) is 10.1. The van der Waals surface area contributed by atoms with E-state index in [2.05, 4.69) is 13.8 Å². The van der Waals surface area contributed by atoms with Crippen LogP contribution >= 0.6 is 0 Å². The number of carbonyl (C=O) groups excluding carboxylic acids is 1. The first kappa shape index (κ1) is 16.7. The van der Waals surface area contributed by atoms with Crippen LogP contribution < -0.4 is 17.0 Å². The summed E-state index contributed by atoms with van der Waals surface area (Å²) in [7, 11) is 0.269. The summed E-state index contributed by atoms with van der Waals surface area (Å²) >= 11 is 0. The fourth-order valence-corrected chi connectivity index (χ4v) is 3.26. The minimum Gasteiger partial charge on any atom is -1.00 e. The smallest absolute Gasteiger partial charge is 0.356 e. The van der Waals surface area contributed by atoms with Crippen LogP contribution in [-0.4, -0.2) is 29.8 Å². The van der Waals surface area contributed by atoms with Gasteiger partial charge < -0.3 is 21.7 Å². The largest absolute Gasteiger partial charge is 1.00 e. The van der Waals surface area contributed by atoms with Crippen molar-refractivity contribution in [1.29, 1.82) is 0 Å². The molecule has 0 amide bonds. The summed E-state index contributed by atoms with van der Waals surface area (Å²) in [6, 6.07) is 0. The van der Waals surface area contributed by atoms with Gasteiger partial charge in [0.15, 0.2) is 0 Å². The molecule has 14 heavy (non-hydrogen) atoms. The molecule has 0 aliphatic carbocycles. The molecule has 2 nitrogen and oxygen atoms in total. The molecule has 0 bridgehead atoms. The van der Waals surface area contributed by atoms with Crippen LogP contribution in [0.25, 0.3) is 0 Å². The van der Waals surface area contributed by atoms with Crippen LogP contribution in [0, 0.1) is 0 Å². The van der Waals surface area contributed by atoms with Gasteiger partial charge in [-0.3, -0.25) is 0 Å². The number of ether oxygens (including phenoxy) is 1. The Labute approximate surface area is 101 Å². The molecule has 0 radical (unpaired) electrons. The number of rotatable bonds is 7. The molecule has 0 saturated carbocycles. The van der Waals surface area contributed by atoms with Crippen molar-refractivity contribution in [3.8, 4) is 0 Å². The first-order valence-electron chi connectivity index (χ1n) is 5.04. The average molecular weight is 285 g/mol. The van der Waals surface area contributed by atoms with Crippen LogP contribution in [0.15, 0.2) is 0 Å². The lowest BCUT2D eigenvalue weighted by Crippen LogP contribution is -3.00. The molecule has 0 heterocycles. The second-order valence-electron chi connectivity index (χ2n) is 2.97. The molecule has 0 aromatic rings. The van der Waals surface area contributed by atoms with Gasteiger partial charge in [-0.25, -0.2) is 4.79 Å². The highest BCUT2D eigenvalue weighted by Crippen LogP contribution is 2.02. The Kier molecular flexibility index (Phi) is 13.6. The molecule has 0 aliphatic heterocycles. The molecule has 0 N–H and O–H groups in total. The standard InChI is InChI=1S/C10H21O2S.BrH/c1-4-7-13(8-5-2)9-10(11)12-6-3;/h4-9H2,1-3H3;1H/q+1;/p-1. The van der Waals surface area contributed by atoms with E-state index >= 15 is 0 Å². The van der Waals surface area contributed by atoms with Crippen LogP contribution in [0.5, 0.6) is 0 Å². The van der Waals surface area contributed by atoms with E-state index in [1.165, 1.54) is 24.3 Å². The highest BCUT2D eigenvalue weighted by Gasteiger charge is 2.20. The quantitative estimate of drug-likeness (QED) is 0.443. The van der Waals surface area contributed by atoms with Gasteiger partial charge in [-0.05, 0) is 30.7 Å². The summed E-state index contributed by atoms with van der Waals surface area (Å²) in [4.78, 5) is 11.2. The lowest BCUT2D eigenvalue weighted by Gasteiger charge is -2.05. The monoisotopic (exact) mass is 284 g/mol.